The molecule has 0 bridgehead atoms. The van der Waals surface area contributed by atoms with E-state index in [2.05, 4.69) is 35.4 Å². The maximum Gasteiger partial charge on any atom is 0.0897 e. The third kappa shape index (κ3) is 3.64. The second-order valence-corrected chi connectivity index (χ2v) is 5.69. The van der Waals surface area contributed by atoms with E-state index in [1.807, 2.05) is 24.0 Å². The molecular formula is C12H18N4S. The van der Waals surface area contributed by atoms with Crippen molar-refractivity contribution in [2.24, 2.45) is 0 Å². The average molecular weight is 250 g/mol. The van der Waals surface area contributed by atoms with Gasteiger partial charge in [-0.15, -0.1) is 11.3 Å². The van der Waals surface area contributed by atoms with Crippen LogP contribution in [-0.2, 0) is 13.1 Å². The highest BCUT2D eigenvalue weighted by molar-refractivity contribution is 7.11. The Morgan fingerprint density at radius 2 is 2.24 bits per heavy atom. The highest BCUT2D eigenvalue weighted by atomic mass is 32.1. The molecule has 4 nitrogen and oxygen atoms in total. The Hall–Kier alpha value is -1.20. The van der Waals surface area contributed by atoms with Gasteiger partial charge in [-0.3, -0.25) is 4.68 Å². The second kappa shape index (κ2) is 5.42. The lowest BCUT2D eigenvalue weighted by Gasteiger charge is -2.12. The minimum absolute atomic E-state index is 0.400. The van der Waals surface area contributed by atoms with Gasteiger partial charge >= 0.3 is 0 Å². The van der Waals surface area contributed by atoms with Crippen LogP contribution in [0.3, 0.4) is 0 Å². The summed E-state index contributed by atoms with van der Waals surface area (Å²) < 4.78 is 1.98. The maximum atomic E-state index is 4.28. The van der Waals surface area contributed by atoms with E-state index >= 15 is 0 Å². The van der Waals surface area contributed by atoms with Crippen LogP contribution in [0.2, 0.25) is 0 Å². The summed E-state index contributed by atoms with van der Waals surface area (Å²) in [5, 5.41) is 8.88. The van der Waals surface area contributed by atoms with Gasteiger partial charge in [0.05, 0.1) is 17.7 Å². The summed E-state index contributed by atoms with van der Waals surface area (Å²) in [4.78, 5) is 5.53. The molecule has 5 heteroatoms. The first-order valence-corrected chi connectivity index (χ1v) is 6.59. The molecule has 1 atom stereocenters. The first-order valence-electron chi connectivity index (χ1n) is 5.77. The molecule has 0 aromatic carbocycles. The summed E-state index contributed by atoms with van der Waals surface area (Å²) >= 11 is 1.74. The highest BCUT2D eigenvalue weighted by Crippen LogP contribution is 2.11. The van der Waals surface area contributed by atoms with Crippen molar-refractivity contribution in [3.05, 3.63) is 34.0 Å². The van der Waals surface area contributed by atoms with Gasteiger partial charge in [-0.25, -0.2) is 4.98 Å². The van der Waals surface area contributed by atoms with Crippen molar-refractivity contribution in [2.75, 3.05) is 0 Å². The average Bonchev–Trinajstić information content (AvgIpc) is 2.85. The lowest BCUT2D eigenvalue weighted by atomic mass is 10.3. The van der Waals surface area contributed by atoms with Crippen molar-refractivity contribution < 1.29 is 0 Å². The highest BCUT2D eigenvalue weighted by Gasteiger charge is 2.05. The third-order valence-electron chi connectivity index (χ3n) is 2.52. The molecule has 17 heavy (non-hydrogen) atoms. The molecular weight excluding hydrogens is 232 g/mol. The van der Waals surface area contributed by atoms with E-state index in [1.54, 1.807) is 11.3 Å². The standard InChI is InChI=1S/C12H18N4S/c1-9-4-15-16(7-9)8-10(2)13-5-12-6-14-11(3)17-12/h4,6-7,10,13H,5,8H2,1-3H3/t10-/m0/s1. The Morgan fingerprint density at radius 1 is 1.41 bits per heavy atom. The van der Waals surface area contributed by atoms with Crippen LogP contribution in [0.5, 0.6) is 0 Å². The molecule has 0 unspecified atom stereocenters. The molecule has 0 aliphatic rings. The van der Waals surface area contributed by atoms with Crippen molar-refractivity contribution in [3.63, 3.8) is 0 Å². The minimum atomic E-state index is 0.400. The summed E-state index contributed by atoms with van der Waals surface area (Å²) in [7, 11) is 0. The molecule has 0 saturated heterocycles. The van der Waals surface area contributed by atoms with E-state index in [1.165, 1.54) is 10.4 Å². The molecule has 0 amide bonds. The van der Waals surface area contributed by atoms with Gasteiger partial charge in [0, 0.05) is 29.9 Å². The molecule has 92 valence electrons. The van der Waals surface area contributed by atoms with Crippen molar-refractivity contribution in [1.29, 1.82) is 0 Å². The SMILES string of the molecule is Cc1cnn(C[C@H](C)NCc2cnc(C)s2)c1. The molecule has 2 heterocycles. The maximum absolute atomic E-state index is 4.28. The van der Waals surface area contributed by atoms with Crippen LogP contribution in [0.15, 0.2) is 18.6 Å². The topological polar surface area (TPSA) is 42.7 Å². The van der Waals surface area contributed by atoms with Crippen molar-refractivity contribution in [1.82, 2.24) is 20.1 Å². The van der Waals surface area contributed by atoms with Crippen LogP contribution in [0.1, 0.15) is 22.4 Å². The fraction of sp³-hybridized carbons (Fsp3) is 0.500. The summed E-state index contributed by atoms with van der Waals surface area (Å²) in [6.45, 7) is 8.04. The van der Waals surface area contributed by atoms with E-state index in [0.717, 1.165) is 18.1 Å². The quantitative estimate of drug-likeness (QED) is 0.884. The van der Waals surface area contributed by atoms with Crippen LogP contribution in [0.25, 0.3) is 0 Å². The van der Waals surface area contributed by atoms with Gasteiger partial charge in [0.15, 0.2) is 0 Å². The molecule has 0 radical (unpaired) electrons. The second-order valence-electron chi connectivity index (χ2n) is 4.37. The van der Waals surface area contributed by atoms with Gasteiger partial charge in [-0.1, -0.05) is 0 Å². The van der Waals surface area contributed by atoms with Gasteiger partial charge < -0.3 is 5.32 Å². The van der Waals surface area contributed by atoms with Crippen LogP contribution < -0.4 is 5.32 Å². The Bertz CT molecular complexity index is 474. The van der Waals surface area contributed by atoms with Crippen molar-refractivity contribution >= 4 is 11.3 Å². The first-order chi connectivity index (χ1) is 8.13. The summed E-state index contributed by atoms with van der Waals surface area (Å²) in [5.41, 5.74) is 1.20. The zero-order valence-corrected chi connectivity index (χ0v) is 11.3. The molecule has 2 aromatic rings. The number of hydrogen-bond donors (Lipinski definition) is 1. The van der Waals surface area contributed by atoms with E-state index in [9.17, 15) is 0 Å². The molecule has 0 aliphatic heterocycles. The minimum Gasteiger partial charge on any atom is -0.307 e. The van der Waals surface area contributed by atoms with E-state index in [0.29, 0.717) is 6.04 Å². The van der Waals surface area contributed by atoms with Gasteiger partial charge in [0.1, 0.15) is 0 Å². The van der Waals surface area contributed by atoms with Crippen molar-refractivity contribution in [3.8, 4) is 0 Å². The Labute approximate surface area is 106 Å². The molecule has 1 N–H and O–H groups in total. The zero-order valence-electron chi connectivity index (χ0n) is 10.5. The molecule has 0 saturated carbocycles. The van der Waals surface area contributed by atoms with Gasteiger partial charge in [0.25, 0.3) is 0 Å². The van der Waals surface area contributed by atoms with E-state index in [-0.39, 0.29) is 0 Å². The molecule has 2 aromatic heterocycles. The lowest BCUT2D eigenvalue weighted by molar-refractivity contribution is 0.452. The first kappa shape index (κ1) is 12.3. The fourth-order valence-electron chi connectivity index (χ4n) is 1.67. The van der Waals surface area contributed by atoms with Crippen LogP contribution in [0.4, 0.5) is 0 Å². The predicted octanol–water partition coefficient (Wildman–Crippen LogP) is 2.13. The van der Waals surface area contributed by atoms with Crippen LogP contribution in [0, 0.1) is 13.8 Å². The molecule has 2 rings (SSSR count). The number of rotatable bonds is 5. The fourth-order valence-corrected chi connectivity index (χ4v) is 2.42. The number of hydrogen-bond acceptors (Lipinski definition) is 4. The number of nitrogens with zero attached hydrogens (tertiary/aromatic N) is 3. The normalized spacial score (nSPS) is 12.9. The third-order valence-corrected chi connectivity index (χ3v) is 3.43. The Kier molecular flexibility index (Phi) is 3.91. The van der Waals surface area contributed by atoms with Gasteiger partial charge in [0.2, 0.25) is 0 Å². The number of aryl methyl sites for hydroxylation is 2. The monoisotopic (exact) mass is 250 g/mol. The number of nitrogens with one attached hydrogen (secondary N) is 1. The summed E-state index contributed by atoms with van der Waals surface area (Å²) in [6, 6.07) is 0.400. The Balaban J connectivity index is 1.79. The van der Waals surface area contributed by atoms with Crippen molar-refractivity contribution in [2.45, 2.75) is 39.9 Å². The Morgan fingerprint density at radius 3 is 2.82 bits per heavy atom. The van der Waals surface area contributed by atoms with Gasteiger partial charge in [-0.2, -0.15) is 5.10 Å². The van der Waals surface area contributed by atoms with E-state index in [4.69, 9.17) is 0 Å². The predicted molar refractivity (Wildman–Crippen MR) is 70.1 cm³/mol. The van der Waals surface area contributed by atoms with Gasteiger partial charge in [-0.05, 0) is 26.3 Å². The molecule has 0 spiro atoms. The summed E-state index contributed by atoms with van der Waals surface area (Å²) in [6.07, 6.45) is 5.89. The number of aromatic nitrogens is 3. The lowest BCUT2D eigenvalue weighted by Crippen LogP contribution is -2.29. The van der Waals surface area contributed by atoms with Crippen LogP contribution >= 0.6 is 11.3 Å². The molecule has 0 aliphatic carbocycles. The number of thiazole rings is 1. The largest absolute Gasteiger partial charge is 0.307 e. The zero-order chi connectivity index (χ0) is 12.3. The smallest absolute Gasteiger partial charge is 0.0897 e. The van der Waals surface area contributed by atoms with Crippen LogP contribution in [-0.4, -0.2) is 20.8 Å². The summed E-state index contributed by atoms with van der Waals surface area (Å²) in [5.74, 6) is 0. The molecule has 0 fully saturated rings. The van der Waals surface area contributed by atoms with E-state index < -0.39 is 0 Å².